The van der Waals surface area contributed by atoms with Crippen molar-refractivity contribution in [3.05, 3.63) is 39.9 Å². The number of nitro groups is 1. The molecule has 1 aliphatic heterocycles. The van der Waals surface area contributed by atoms with Gasteiger partial charge in [-0.15, -0.1) is 0 Å². The molecular weight excluding hydrogens is 464 g/mol. The van der Waals surface area contributed by atoms with Crippen LogP contribution in [-0.2, 0) is 4.57 Å². The molecule has 2 unspecified atom stereocenters. The molecule has 0 N–H and O–H groups in total. The number of hydrogen-bond donors (Lipinski definition) is 0. The number of non-ortho nitro benzene ring substituents is 1. The molecule has 5 nitrogen and oxygen atoms in total. The van der Waals surface area contributed by atoms with Crippen LogP contribution in [-0.4, -0.2) is 36.0 Å². The molecular formula is C12H11Cl6N2O3P. The normalized spacial score (nSPS) is 21.6. The minimum atomic E-state index is -3.31. The van der Waals surface area contributed by atoms with E-state index in [4.69, 9.17) is 69.6 Å². The molecule has 2 atom stereocenters. The van der Waals surface area contributed by atoms with Gasteiger partial charge in [0.25, 0.3) is 5.69 Å². The molecule has 2 rings (SSSR count). The van der Waals surface area contributed by atoms with E-state index >= 15 is 0 Å². The second-order valence-corrected chi connectivity index (χ2v) is 13.3. The van der Waals surface area contributed by atoms with E-state index in [-0.39, 0.29) is 24.1 Å². The molecule has 1 heterocycles. The highest BCUT2D eigenvalue weighted by atomic mass is 35.6. The van der Waals surface area contributed by atoms with Gasteiger partial charge in [-0.3, -0.25) is 10.1 Å². The molecule has 0 bridgehead atoms. The summed E-state index contributed by atoms with van der Waals surface area (Å²) in [5, 5.41) is 10.9. The predicted octanol–water partition coefficient (Wildman–Crippen LogP) is 5.97. The molecule has 1 fully saturated rings. The number of nitrogens with zero attached hydrogens (tertiary/aromatic N) is 2. The van der Waals surface area contributed by atoms with Crippen molar-refractivity contribution in [3.63, 3.8) is 0 Å². The third-order valence-electron chi connectivity index (χ3n) is 3.37. The Morgan fingerprint density at radius 3 is 2.17 bits per heavy atom. The Kier molecular flexibility index (Phi) is 6.33. The number of hydrogen-bond acceptors (Lipinski definition) is 3. The lowest BCUT2D eigenvalue weighted by atomic mass is 10.1. The Hall–Kier alpha value is 0.550. The average Bonchev–Trinajstić information content (AvgIpc) is 3.14. The Morgan fingerprint density at radius 2 is 1.71 bits per heavy atom. The zero-order valence-corrected chi connectivity index (χ0v) is 17.3. The van der Waals surface area contributed by atoms with Crippen LogP contribution in [0.1, 0.15) is 11.6 Å². The number of nitro benzene ring substituents is 1. The van der Waals surface area contributed by atoms with Crippen LogP contribution in [0.3, 0.4) is 0 Å². The van der Waals surface area contributed by atoms with Gasteiger partial charge < -0.3 is 4.57 Å². The van der Waals surface area contributed by atoms with Crippen molar-refractivity contribution in [1.82, 2.24) is 4.67 Å². The third kappa shape index (κ3) is 5.78. The van der Waals surface area contributed by atoms with Gasteiger partial charge in [-0.05, 0) is 5.56 Å². The van der Waals surface area contributed by atoms with Crippen LogP contribution >= 0.6 is 76.9 Å². The first-order chi connectivity index (χ1) is 10.8. The van der Waals surface area contributed by atoms with E-state index in [9.17, 15) is 14.7 Å². The van der Waals surface area contributed by atoms with Crippen LogP contribution in [0.15, 0.2) is 24.3 Å². The summed E-state index contributed by atoms with van der Waals surface area (Å²) >= 11 is 34.8. The molecule has 0 aromatic heterocycles. The zero-order chi connectivity index (χ0) is 18.3. The van der Waals surface area contributed by atoms with E-state index in [2.05, 4.69) is 0 Å². The molecule has 0 spiro atoms. The Balaban J connectivity index is 2.26. The summed E-state index contributed by atoms with van der Waals surface area (Å²) in [5.74, 6) is 0. The standard InChI is InChI=1S/C12H11Cl6N2O3P/c13-11(14,15)6-24(23,7-12(16,17)18)19-5-10(19)8-2-1-3-9(4-8)20(21)22/h1-4,10H,5-7H2. The average molecular weight is 475 g/mol. The van der Waals surface area contributed by atoms with Crippen molar-refractivity contribution < 1.29 is 9.49 Å². The SMILES string of the molecule is O=[N+]([O-])c1cccc(C2CN2P(=O)(CC(Cl)(Cl)Cl)CC(Cl)(Cl)Cl)c1. The number of alkyl halides is 6. The van der Waals surface area contributed by atoms with Gasteiger partial charge in [-0.25, -0.2) is 4.67 Å². The highest BCUT2D eigenvalue weighted by Crippen LogP contribution is 2.66. The molecule has 1 saturated heterocycles. The molecule has 1 aliphatic rings. The van der Waals surface area contributed by atoms with Crippen molar-refractivity contribution in [2.75, 3.05) is 18.9 Å². The Bertz CT molecular complexity index is 670. The van der Waals surface area contributed by atoms with Crippen LogP contribution in [0.5, 0.6) is 0 Å². The van der Waals surface area contributed by atoms with Crippen LogP contribution < -0.4 is 0 Å². The number of benzene rings is 1. The van der Waals surface area contributed by atoms with Gasteiger partial charge in [0.05, 0.1) is 23.3 Å². The first kappa shape index (κ1) is 20.9. The van der Waals surface area contributed by atoms with Crippen molar-refractivity contribution >= 4 is 82.6 Å². The fourth-order valence-corrected chi connectivity index (χ4v) is 8.50. The number of halogens is 6. The highest BCUT2D eigenvalue weighted by Gasteiger charge is 2.53. The van der Waals surface area contributed by atoms with E-state index in [1.807, 2.05) is 0 Å². The Morgan fingerprint density at radius 1 is 1.17 bits per heavy atom. The topological polar surface area (TPSA) is 63.2 Å². The largest absolute Gasteiger partial charge is 0.306 e. The number of rotatable bonds is 5. The summed E-state index contributed by atoms with van der Waals surface area (Å²) in [4.78, 5) is 10.4. The van der Waals surface area contributed by atoms with Crippen molar-refractivity contribution in [2.24, 2.45) is 0 Å². The smallest absolute Gasteiger partial charge is 0.269 e. The monoisotopic (exact) mass is 472 g/mol. The van der Waals surface area contributed by atoms with Gasteiger partial charge in [0, 0.05) is 18.7 Å². The maximum Gasteiger partial charge on any atom is 0.269 e. The lowest BCUT2D eigenvalue weighted by Crippen LogP contribution is -2.22. The van der Waals surface area contributed by atoms with Crippen molar-refractivity contribution in [1.29, 1.82) is 0 Å². The molecule has 0 aliphatic carbocycles. The van der Waals surface area contributed by atoms with E-state index < -0.39 is 19.8 Å². The zero-order valence-electron chi connectivity index (χ0n) is 11.8. The first-order valence-corrected chi connectivity index (χ1v) is 10.8. The van der Waals surface area contributed by atoms with Gasteiger partial charge in [0.1, 0.15) is 0 Å². The summed E-state index contributed by atoms with van der Waals surface area (Å²) < 4.78 is 11.3. The molecule has 134 valence electrons. The second kappa shape index (κ2) is 7.28. The summed E-state index contributed by atoms with van der Waals surface area (Å²) in [6.07, 6.45) is -0.575. The van der Waals surface area contributed by atoms with Crippen LogP contribution in [0.2, 0.25) is 0 Å². The lowest BCUT2D eigenvalue weighted by molar-refractivity contribution is -0.384. The van der Waals surface area contributed by atoms with Gasteiger partial charge in [0.2, 0.25) is 0 Å². The van der Waals surface area contributed by atoms with E-state index in [1.54, 1.807) is 16.8 Å². The van der Waals surface area contributed by atoms with Gasteiger partial charge in [-0.2, -0.15) is 0 Å². The highest BCUT2D eigenvalue weighted by molar-refractivity contribution is 7.62. The molecule has 0 amide bonds. The fourth-order valence-electron chi connectivity index (χ4n) is 2.45. The molecule has 12 heteroatoms. The molecule has 24 heavy (non-hydrogen) atoms. The van der Waals surface area contributed by atoms with Crippen LogP contribution in [0.25, 0.3) is 0 Å². The van der Waals surface area contributed by atoms with Gasteiger partial charge in [0.15, 0.2) is 14.9 Å². The maximum atomic E-state index is 13.3. The van der Waals surface area contributed by atoms with E-state index in [0.717, 1.165) is 0 Å². The van der Waals surface area contributed by atoms with Crippen LogP contribution in [0.4, 0.5) is 5.69 Å². The maximum absolute atomic E-state index is 13.3. The predicted molar refractivity (Wildman–Crippen MR) is 100 cm³/mol. The second-order valence-electron chi connectivity index (χ2n) is 5.38. The minimum absolute atomic E-state index is 0.0584. The summed E-state index contributed by atoms with van der Waals surface area (Å²) in [6, 6.07) is 5.74. The van der Waals surface area contributed by atoms with E-state index in [1.165, 1.54) is 12.1 Å². The summed E-state index contributed by atoms with van der Waals surface area (Å²) in [5.41, 5.74) is 0.579. The van der Waals surface area contributed by atoms with Crippen molar-refractivity contribution in [2.45, 2.75) is 13.6 Å². The van der Waals surface area contributed by atoms with E-state index in [0.29, 0.717) is 12.1 Å². The summed E-state index contributed by atoms with van der Waals surface area (Å²) in [6.45, 7) is 0.375. The molecule has 1 aromatic rings. The third-order valence-corrected chi connectivity index (χ3v) is 8.61. The molecule has 0 radical (unpaired) electrons. The van der Waals surface area contributed by atoms with Crippen LogP contribution in [0, 0.1) is 10.1 Å². The lowest BCUT2D eigenvalue weighted by Gasteiger charge is -2.26. The quantitative estimate of drug-likeness (QED) is 0.173. The van der Waals surface area contributed by atoms with Gasteiger partial charge >= 0.3 is 0 Å². The van der Waals surface area contributed by atoms with Crippen molar-refractivity contribution in [3.8, 4) is 0 Å². The fraction of sp³-hybridized carbons (Fsp3) is 0.500. The summed E-state index contributed by atoms with van der Waals surface area (Å²) in [7, 11) is -3.31. The molecule has 0 saturated carbocycles. The van der Waals surface area contributed by atoms with Gasteiger partial charge in [-0.1, -0.05) is 81.7 Å². The molecule has 1 aromatic carbocycles. The Labute approximate surface area is 168 Å². The first-order valence-electron chi connectivity index (χ1n) is 6.54. The minimum Gasteiger partial charge on any atom is -0.306 e.